The maximum absolute atomic E-state index is 15.0. The van der Waals surface area contributed by atoms with E-state index in [1.807, 2.05) is 0 Å². The third kappa shape index (κ3) is 15.4. The van der Waals surface area contributed by atoms with Gasteiger partial charge in [-0.1, -0.05) is 66.7 Å². The molecule has 24 heteroatoms. The maximum Gasteiger partial charge on any atom is 0.342 e. The van der Waals surface area contributed by atoms with Gasteiger partial charge in [0.1, 0.15) is 62.3 Å². The van der Waals surface area contributed by atoms with Crippen LogP contribution in [0.1, 0.15) is 106 Å². The minimum atomic E-state index is -2.52. The van der Waals surface area contributed by atoms with E-state index in [9.17, 15) is 52.7 Å². The molecule has 4 atom stereocenters. The summed E-state index contributed by atoms with van der Waals surface area (Å²) in [6.07, 6.45) is -12.3. The molecule has 0 N–H and O–H groups in total. The molecule has 2 aliphatic carbocycles. The van der Waals surface area contributed by atoms with Gasteiger partial charge in [0.25, 0.3) is 0 Å². The average Bonchev–Trinajstić information content (AvgIpc) is 1.24. The van der Waals surface area contributed by atoms with Crippen LogP contribution in [0.2, 0.25) is 0 Å². The van der Waals surface area contributed by atoms with E-state index in [2.05, 4.69) is 0 Å². The first-order valence-corrected chi connectivity index (χ1v) is 25.3. The van der Waals surface area contributed by atoms with Crippen molar-refractivity contribution in [3.8, 4) is 28.7 Å². The monoisotopic (exact) mass is 1150 g/mol. The van der Waals surface area contributed by atoms with Gasteiger partial charge in [-0.15, -0.1) is 0 Å². The first kappa shape index (κ1) is 60.9. The summed E-state index contributed by atoms with van der Waals surface area (Å²) in [5.74, 6) is -16.7. The van der Waals surface area contributed by atoms with Crippen molar-refractivity contribution >= 4 is 71.6 Å². The van der Waals surface area contributed by atoms with E-state index < -0.39 is 165 Å². The number of carbonyl (C=O) groups is 12. The van der Waals surface area contributed by atoms with Crippen LogP contribution in [0.15, 0.2) is 145 Å². The first-order valence-electron chi connectivity index (χ1n) is 25.3. The number of hydrogen-bond donors (Lipinski definition) is 0. The molecule has 7 rings (SSSR count). The molecule has 0 amide bonds. The summed E-state index contributed by atoms with van der Waals surface area (Å²) < 4.78 is 69.3. The van der Waals surface area contributed by atoms with Crippen LogP contribution in [0.25, 0.3) is 0 Å². The summed E-state index contributed by atoms with van der Waals surface area (Å²) in [5.41, 5.74) is -2.98. The lowest BCUT2D eigenvalue weighted by Crippen LogP contribution is -2.69. The molecule has 1 saturated carbocycles. The number of hydrogen-bond acceptors (Lipinski definition) is 24. The van der Waals surface area contributed by atoms with Gasteiger partial charge in [0.05, 0.1) is 5.57 Å². The average molecular weight is 1160 g/mol. The summed E-state index contributed by atoms with van der Waals surface area (Å²) >= 11 is 0. The number of esters is 12. The fourth-order valence-electron chi connectivity index (χ4n) is 8.55. The van der Waals surface area contributed by atoms with Crippen molar-refractivity contribution in [2.24, 2.45) is 0 Å². The topological polar surface area (TPSA) is 316 Å². The molecular formula is C60H50O24. The highest BCUT2D eigenvalue weighted by atomic mass is 16.7. The van der Waals surface area contributed by atoms with Crippen molar-refractivity contribution in [3.05, 3.63) is 173 Å². The predicted octanol–water partition coefficient (Wildman–Crippen LogP) is 6.83. The van der Waals surface area contributed by atoms with E-state index in [-0.39, 0.29) is 24.2 Å². The Morgan fingerprint density at radius 3 is 0.738 bits per heavy atom. The van der Waals surface area contributed by atoms with Gasteiger partial charge < -0.3 is 56.8 Å². The van der Waals surface area contributed by atoms with Crippen LogP contribution in [-0.4, -0.2) is 108 Å². The zero-order valence-electron chi connectivity index (χ0n) is 45.4. The largest absolute Gasteiger partial charge is 0.451 e. The Kier molecular flexibility index (Phi) is 20.0. The minimum absolute atomic E-state index is 0.132. The summed E-state index contributed by atoms with van der Waals surface area (Å²) in [4.78, 5) is 164. The lowest BCUT2D eigenvalue weighted by atomic mass is 9.83. The van der Waals surface area contributed by atoms with Gasteiger partial charge in [0.15, 0.2) is 36.6 Å². The molecule has 0 spiro atoms. The predicted molar refractivity (Wildman–Crippen MR) is 282 cm³/mol. The lowest BCUT2D eigenvalue weighted by Gasteiger charge is -2.47. The molecule has 1 fully saturated rings. The van der Waals surface area contributed by atoms with Crippen molar-refractivity contribution in [2.75, 3.05) is 0 Å². The smallest absolute Gasteiger partial charge is 0.342 e. The van der Waals surface area contributed by atoms with Crippen molar-refractivity contribution < 1.29 is 114 Å². The quantitative estimate of drug-likeness (QED) is 0.0492. The number of benzene rings is 5. The molecule has 5 aromatic rings. The molecule has 5 aromatic carbocycles. The molecule has 24 nitrogen and oxygen atoms in total. The summed E-state index contributed by atoms with van der Waals surface area (Å²) in [6.45, 7) is 6.12. The molecule has 84 heavy (non-hydrogen) atoms. The van der Waals surface area contributed by atoms with Crippen LogP contribution in [0.5, 0.6) is 28.7 Å². The second kappa shape index (κ2) is 27.6. The van der Waals surface area contributed by atoms with Gasteiger partial charge in [-0.2, -0.15) is 0 Å². The SMILES string of the molecule is CC(=O)OC1=C(C(=O)OC2C(OC(=O)c3ccccc3OC(C)=O)C(OC(=O)c3ccccc3OC(C)=O)C(OC(=O)c3ccccc3OC(C)=O)C(OC(=O)c3ccccc3OC(C)=O)C2OC(=O)c2ccccc2OC(C)=O)CCC=C1. The van der Waals surface area contributed by atoms with Gasteiger partial charge in [0, 0.05) is 41.5 Å². The van der Waals surface area contributed by atoms with E-state index in [0.717, 1.165) is 71.9 Å². The molecule has 0 aliphatic heterocycles. The molecule has 4 unspecified atom stereocenters. The number of para-hydroxylation sites is 5. The first-order chi connectivity index (χ1) is 40.1. The van der Waals surface area contributed by atoms with Gasteiger partial charge in [0.2, 0.25) is 0 Å². The van der Waals surface area contributed by atoms with E-state index in [1.165, 1.54) is 97.1 Å². The third-order valence-corrected chi connectivity index (χ3v) is 11.8. The van der Waals surface area contributed by atoms with Crippen LogP contribution in [0.3, 0.4) is 0 Å². The van der Waals surface area contributed by atoms with Gasteiger partial charge in [-0.05, 0) is 79.6 Å². The van der Waals surface area contributed by atoms with Crippen LogP contribution in [0.4, 0.5) is 0 Å². The Bertz CT molecular complexity index is 3360. The Labute approximate surface area is 477 Å². The summed E-state index contributed by atoms with van der Waals surface area (Å²) in [6, 6.07) is 25.1. The Morgan fingerprint density at radius 1 is 0.298 bits per heavy atom. The fraction of sp³-hybridized carbons (Fsp3) is 0.233. The van der Waals surface area contributed by atoms with E-state index in [0.29, 0.717) is 0 Å². The molecule has 0 radical (unpaired) electrons. The lowest BCUT2D eigenvalue weighted by molar-refractivity contribution is -0.231. The van der Waals surface area contributed by atoms with E-state index in [1.54, 1.807) is 6.08 Å². The second-order valence-corrected chi connectivity index (χ2v) is 18.0. The number of rotatable bonds is 18. The van der Waals surface area contributed by atoms with Crippen LogP contribution in [0, 0.1) is 0 Å². The zero-order chi connectivity index (χ0) is 60.8. The second-order valence-electron chi connectivity index (χ2n) is 18.0. The molecule has 0 heterocycles. The van der Waals surface area contributed by atoms with E-state index >= 15 is 4.79 Å². The number of ether oxygens (including phenoxy) is 12. The van der Waals surface area contributed by atoms with Gasteiger partial charge >= 0.3 is 71.6 Å². The van der Waals surface area contributed by atoms with Crippen LogP contribution in [-0.2, 0) is 66.7 Å². The Balaban J connectivity index is 1.57. The minimum Gasteiger partial charge on any atom is -0.451 e. The van der Waals surface area contributed by atoms with Crippen molar-refractivity contribution in [3.63, 3.8) is 0 Å². The molecular weight excluding hydrogens is 1100 g/mol. The molecule has 434 valence electrons. The highest BCUT2D eigenvalue weighted by Gasteiger charge is 2.62. The van der Waals surface area contributed by atoms with Crippen LogP contribution >= 0.6 is 0 Å². The van der Waals surface area contributed by atoms with Crippen molar-refractivity contribution in [1.29, 1.82) is 0 Å². The molecule has 0 saturated heterocycles. The maximum atomic E-state index is 15.0. The Hall–Kier alpha value is -10.8. The zero-order valence-corrected chi connectivity index (χ0v) is 45.4. The number of carbonyl (C=O) groups excluding carboxylic acids is 12. The molecule has 0 aromatic heterocycles. The standard InChI is InChI=1S/C60H50O24/c1-31(61)73-43-25-13-7-19-37(43)55(67)79-49-50(80-56(68)38-20-8-14-26-44(38)74-32(2)62)52(82-58(70)40-22-10-16-28-46(40)76-34(4)64)54(84-60(72)42-24-12-18-30-48(42)78-36(6)66)53(83-59(71)41-23-11-17-29-47(41)77-35(5)65)51(49)81-57(69)39-21-9-15-27-45(39)75-33(3)63/h7-11,13-23,25-30,49-54H,12,24H2,1-6H3. The molecule has 2 aliphatic rings. The van der Waals surface area contributed by atoms with Crippen molar-refractivity contribution in [1.82, 2.24) is 0 Å². The van der Waals surface area contributed by atoms with Crippen LogP contribution < -0.4 is 23.7 Å². The highest BCUT2D eigenvalue weighted by molar-refractivity contribution is 5.98. The highest BCUT2D eigenvalue weighted by Crippen LogP contribution is 2.40. The number of allylic oxidation sites excluding steroid dienone is 2. The normalized spacial score (nSPS) is 17.8. The third-order valence-electron chi connectivity index (χ3n) is 11.8. The van der Waals surface area contributed by atoms with Gasteiger partial charge in [-0.3, -0.25) is 28.8 Å². The Morgan fingerprint density at radius 2 is 0.512 bits per heavy atom. The fourth-order valence-corrected chi connectivity index (χ4v) is 8.55. The summed E-state index contributed by atoms with van der Waals surface area (Å²) in [7, 11) is 0. The summed E-state index contributed by atoms with van der Waals surface area (Å²) in [5, 5.41) is 0. The van der Waals surface area contributed by atoms with Gasteiger partial charge in [-0.25, -0.2) is 28.8 Å². The molecule has 0 bridgehead atoms. The van der Waals surface area contributed by atoms with E-state index in [4.69, 9.17) is 56.8 Å². The van der Waals surface area contributed by atoms with Crippen molar-refractivity contribution in [2.45, 2.75) is 91.0 Å².